The summed E-state index contributed by atoms with van der Waals surface area (Å²) < 4.78 is 5.75. The van der Waals surface area contributed by atoms with E-state index in [9.17, 15) is 14.4 Å². The molecule has 0 bridgehead atoms. The SMILES string of the molecule is C[C@@H]1Cc2cc(C(=O)N3CC[C@H](c4nc5c(c(=O)[nH]4)CCN(C(=O)C4CC4)C5)C3)ccc2O1. The third-order valence-corrected chi connectivity index (χ3v) is 7.34. The Morgan fingerprint density at radius 2 is 2.00 bits per heavy atom. The number of carbonyl (C=O) groups excluding carboxylic acids is 2. The number of H-pyrrole nitrogens is 1. The number of hydrogen-bond donors (Lipinski definition) is 1. The lowest BCUT2D eigenvalue weighted by atomic mass is 10.0. The normalized spacial score (nSPS) is 23.8. The van der Waals surface area contributed by atoms with Gasteiger partial charge in [0.15, 0.2) is 0 Å². The van der Waals surface area contributed by atoms with Crippen LogP contribution >= 0.6 is 0 Å². The van der Waals surface area contributed by atoms with E-state index in [1.165, 1.54) is 0 Å². The molecule has 1 aromatic carbocycles. The first kappa shape index (κ1) is 20.4. The summed E-state index contributed by atoms with van der Waals surface area (Å²) in [4.78, 5) is 49.8. The minimum atomic E-state index is -0.106. The molecule has 0 unspecified atom stereocenters. The number of rotatable bonds is 3. The van der Waals surface area contributed by atoms with Crippen LogP contribution in [0.15, 0.2) is 23.0 Å². The van der Waals surface area contributed by atoms with Crippen molar-refractivity contribution in [3.8, 4) is 5.75 Å². The van der Waals surface area contributed by atoms with Gasteiger partial charge in [0.2, 0.25) is 5.91 Å². The number of fused-ring (bicyclic) bond motifs is 2. The number of likely N-dealkylation sites (tertiary alicyclic amines) is 1. The summed E-state index contributed by atoms with van der Waals surface area (Å²) in [6, 6.07) is 5.66. The van der Waals surface area contributed by atoms with E-state index in [-0.39, 0.29) is 35.3 Å². The predicted octanol–water partition coefficient (Wildman–Crippen LogP) is 2.02. The molecule has 1 saturated carbocycles. The average Bonchev–Trinajstić information content (AvgIpc) is 3.41. The number of nitrogens with one attached hydrogen (secondary N) is 1. The van der Waals surface area contributed by atoms with E-state index in [2.05, 4.69) is 4.98 Å². The molecule has 3 aliphatic heterocycles. The van der Waals surface area contributed by atoms with Crippen molar-refractivity contribution in [2.24, 2.45) is 5.92 Å². The van der Waals surface area contributed by atoms with Crippen molar-refractivity contribution in [1.82, 2.24) is 19.8 Å². The molecule has 6 rings (SSSR count). The number of hydrogen-bond acceptors (Lipinski definition) is 5. The number of ether oxygens (including phenoxy) is 1. The van der Waals surface area contributed by atoms with E-state index in [0.717, 1.165) is 37.0 Å². The quantitative estimate of drug-likeness (QED) is 0.775. The van der Waals surface area contributed by atoms with E-state index in [1.54, 1.807) is 0 Å². The molecule has 0 radical (unpaired) electrons. The lowest BCUT2D eigenvalue weighted by Gasteiger charge is -2.28. The number of benzene rings is 1. The van der Waals surface area contributed by atoms with Gasteiger partial charge >= 0.3 is 0 Å². The minimum Gasteiger partial charge on any atom is -0.490 e. The van der Waals surface area contributed by atoms with Crippen LogP contribution in [0.25, 0.3) is 0 Å². The third-order valence-electron chi connectivity index (χ3n) is 7.34. The zero-order valence-corrected chi connectivity index (χ0v) is 18.8. The lowest BCUT2D eigenvalue weighted by molar-refractivity contribution is -0.133. The summed E-state index contributed by atoms with van der Waals surface area (Å²) in [5.41, 5.74) is 3.06. The van der Waals surface area contributed by atoms with Crippen molar-refractivity contribution in [2.45, 2.75) is 57.6 Å². The van der Waals surface area contributed by atoms with Crippen molar-refractivity contribution in [1.29, 1.82) is 0 Å². The first-order chi connectivity index (χ1) is 16.0. The fourth-order valence-electron chi connectivity index (χ4n) is 5.33. The predicted molar refractivity (Wildman–Crippen MR) is 120 cm³/mol. The van der Waals surface area contributed by atoms with Crippen LogP contribution in [-0.4, -0.2) is 57.3 Å². The monoisotopic (exact) mass is 448 g/mol. The van der Waals surface area contributed by atoms with Gasteiger partial charge in [-0.2, -0.15) is 0 Å². The molecule has 33 heavy (non-hydrogen) atoms. The van der Waals surface area contributed by atoms with Gasteiger partial charge < -0.3 is 19.5 Å². The molecular weight excluding hydrogens is 420 g/mol. The Labute approximate surface area is 191 Å². The Kier molecular flexibility index (Phi) is 4.78. The van der Waals surface area contributed by atoms with Crippen LogP contribution in [0, 0.1) is 5.92 Å². The molecular formula is C25H28N4O4. The van der Waals surface area contributed by atoms with Gasteiger partial charge in [-0.1, -0.05) is 0 Å². The minimum absolute atomic E-state index is 0.00126. The highest BCUT2D eigenvalue weighted by molar-refractivity contribution is 5.95. The smallest absolute Gasteiger partial charge is 0.254 e. The number of aromatic nitrogens is 2. The molecule has 1 saturated heterocycles. The fourth-order valence-corrected chi connectivity index (χ4v) is 5.33. The molecule has 2 aromatic rings. The first-order valence-electron chi connectivity index (χ1n) is 12.0. The second-order valence-corrected chi connectivity index (χ2v) is 9.85. The molecule has 8 heteroatoms. The maximum atomic E-state index is 13.1. The van der Waals surface area contributed by atoms with Crippen LogP contribution in [0.2, 0.25) is 0 Å². The Balaban J connectivity index is 1.18. The first-order valence-corrected chi connectivity index (χ1v) is 12.0. The maximum absolute atomic E-state index is 13.1. The highest BCUT2D eigenvalue weighted by atomic mass is 16.5. The molecule has 1 aromatic heterocycles. The summed E-state index contributed by atoms with van der Waals surface area (Å²) >= 11 is 0. The number of aromatic amines is 1. The van der Waals surface area contributed by atoms with Crippen molar-refractivity contribution in [3.05, 3.63) is 56.8 Å². The van der Waals surface area contributed by atoms with Crippen LogP contribution < -0.4 is 10.3 Å². The van der Waals surface area contributed by atoms with Crippen LogP contribution in [0.4, 0.5) is 0 Å². The van der Waals surface area contributed by atoms with Crippen molar-refractivity contribution in [2.75, 3.05) is 19.6 Å². The van der Waals surface area contributed by atoms with Crippen molar-refractivity contribution in [3.63, 3.8) is 0 Å². The Morgan fingerprint density at radius 3 is 2.82 bits per heavy atom. The second kappa shape index (κ2) is 7.71. The van der Waals surface area contributed by atoms with E-state index in [0.29, 0.717) is 55.2 Å². The summed E-state index contributed by atoms with van der Waals surface area (Å²) in [6.07, 6.45) is 4.20. The molecule has 1 N–H and O–H groups in total. The van der Waals surface area contributed by atoms with E-state index < -0.39 is 0 Å². The summed E-state index contributed by atoms with van der Waals surface area (Å²) in [6.45, 7) is 4.17. The molecule has 0 spiro atoms. The zero-order chi connectivity index (χ0) is 22.7. The Bertz CT molecular complexity index is 1200. The van der Waals surface area contributed by atoms with Gasteiger partial charge in [0, 0.05) is 49.0 Å². The molecule has 1 aliphatic carbocycles. The molecule has 8 nitrogen and oxygen atoms in total. The number of carbonyl (C=O) groups is 2. The topological polar surface area (TPSA) is 95.6 Å². The zero-order valence-electron chi connectivity index (χ0n) is 18.8. The average molecular weight is 449 g/mol. The van der Waals surface area contributed by atoms with Gasteiger partial charge in [-0.25, -0.2) is 4.98 Å². The molecule has 2 fully saturated rings. The number of nitrogens with zero attached hydrogens (tertiary/aromatic N) is 3. The van der Waals surface area contributed by atoms with Crippen LogP contribution in [0.1, 0.15) is 65.1 Å². The van der Waals surface area contributed by atoms with Gasteiger partial charge in [0.05, 0.1) is 12.2 Å². The van der Waals surface area contributed by atoms with Crippen LogP contribution in [0.5, 0.6) is 5.75 Å². The van der Waals surface area contributed by atoms with Gasteiger partial charge in [0.1, 0.15) is 17.7 Å². The molecule has 2 amide bonds. The summed E-state index contributed by atoms with van der Waals surface area (Å²) in [5.74, 6) is 1.84. The molecule has 2 atom stereocenters. The van der Waals surface area contributed by atoms with Gasteiger partial charge in [-0.05, 0) is 56.4 Å². The van der Waals surface area contributed by atoms with E-state index in [4.69, 9.17) is 9.72 Å². The van der Waals surface area contributed by atoms with E-state index >= 15 is 0 Å². The molecule has 172 valence electrons. The van der Waals surface area contributed by atoms with Gasteiger partial charge in [0.25, 0.3) is 11.5 Å². The molecule has 4 aliphatic rings. The van der Waals surface area contributed by atoms with Crippen molar-refractivity contribution < 1.29 is 14.3 Å². The van der Waals surface area contributed by atoms with Crippen LogP contribution in [0.3, 0.4) is 0 Å². The number of amides is 2. The second-order valence-electron chi connectivity index (χ2n) is 9.85. The van der Waals surface area contributed by atoms with Gasteiger partial charge in [-0.15, -0.1) is 0 Å². The summed E-state index contributed by atoms with van der Waals surface area (Å²) in [7, 11) is 0. The third kappa shape index (κ3) is 3.71. The largest absolute Gasteiger partial charge is 0.490 e. The standard InChI is InChI=1S/C25H28N4O4/c1-14-10-18-11-16(4-5-21(18)33-14)25(32)28-8-6-17(12-28)22-26-20-13-29(24(31)15-2-3-15)9-7-19(20)23(30)27-22/h4-5,11,14-15,17H,2-3,6-10,12-13H2,1H3,(H,26,27,30)/t14-,17+/m1/s1. The lowest BCUT2D eigenvalue weighted by Crippen LogP contribution is -2.40. The Morgan fingerprint density at radius 1 is 1.15 bits per heavy atom. The van der Waals surface area contributed by atoms with Gasteiger partial charge in [-0.3, -0.25) is 14.4 Å². The van der Waals surface area contributed by atoms with Crippen molar-refractivity contribution >= 4 is 11.8 Å². The summed E-state index contributed by atoms with van der Waals surface area (Å²) in [5, 5.41) is 0. The van der Waals surface area contributed by atoms with E-state index in [1.807, 2.05) is 34.9 Å². The fraction of sp³-hybridized carbons (Fsp3) is 0.520. The van der Waals surface area contributed by atoms with Crippen LogP contribution in [-0.2, 0) is 24.2 Å². The Hall–Kier alpha value is -3.16. The highest BCUT2D eigenvalue weighted by Crippen LogP contribution is 2.33. The molecule has 4 heterocycles. The maximum Gasteiger partial charge on any atom is 0.254 e. The highest BCUT2D eigenvalue weighted by Gasteiger charge is 2.36.